The maximum atomic E-state index is 13.2. The summed E-state index contributed by atoms with van der Waals surface area (Å²) < 4.78 is 34.0. The lowest BCUT2D eigenvalue weighted by molar-refractivity contribution is -0.0981. The molecule has 3 aliphatic heterocycles. The first-order chi connectivity index (χ1) is 13.5. The molecule has 5 heterocycles. The highest BCUT2D eigenvalue weighted by Crippen LogP contribution is 2.47. The van der Waals surface area contributed by atoms with Crippen LogP contribution >= 0.6 is 0 Å². The maximum Gasteiger partial charge on any atom is 0.272 e. The molecule has 3 aliphatic rings. The molecule has 0 N–H and O–H groups in total. The SMILES string of the molecule is O=C(c1ccccn1)N1C[C@H]2C[C@H]3[C@](C1)(CN(Cc1ccncc1)S3(=O)=O)O2. The van der Waals surface area contributed by atoms with Crippen molar-refractivity contribution in [3.05, 3.63) is 60.2 Å². The fourth-order valence-electron chi connectivity index (χ4n) is 4.59. The molecule has 28 heavy (non-hydrogen) atoms. The first-order valence-corrected chi connectivity index (χ1v) is 10.7. The number of carbonyl (C=O) groups is 1. The van der Waals surface area contributed by atoms with Crippen molar-refractivity contribution < 1.29 is 17.9 Å². The topological polar surface area (TPSA) is 92.7 Å². The molecular formula is C19H20N4O4S. The van der Waals surface area contributed by atoms with Gasteiger partial charge in [-0.3, -0.25) is 14.8 Å². The second kappa shape index (κ2) is 6.33. The molecule has 1 spiro atoms. The van der Waals surface area contributed by atoms with Crippen molar-refractivity contribution in [3.63, 3.8) is 0 Å². The molecule has 0 unspecified atom stereocenters. The van der Waals surface area contributed by atoms with Crippen LogP contribution in [0, 0.1) is 0 Å². The number of nitrogens with zero attached hydrogens (tertiary/aromatic N) is 4. The van der Waals surface area contributed by atoms with Crippen LogP contribution in [0.4, 0.5) is 0 Å². The number of fused-ring (bicyclic) bond motifs is 1. The summed E-state index contributed by atoms with van der Waals surface area (Å²) >= 11 is 0. The van der Waals surface area contributed by atoms with E-state index in [2.05, 4.69) is 9.97 Å². The van der Waals surface area contributed by atoms with Crippen molar-refractivity contribution in [3.8, 4) is 0 Å². The Labute approximate surface area is 163 Å². The van der Waals surface area contributed by atoms with E-state index in [9.17, 15) is 13.2 Å². The second-order valence-corrected chi connectivity index (χ2v) is 9.71. The molecule has 0 aliphatic carbocycles. The Morgan fingerprint density at radius 2 is 2.00 bits per heavy atom. The van der Waals surface area contributed by atoms with Crippen LogP contribution in [0.5, 0.6) is 0 Å². The van der Waals surface area contributed by atoms with Gasteiger partial charge in [0.2, 0.25) is 10.0 Å². The first-order valence-electron chi connectivity index (χ1n) is 9.24. The molecule has 3 atom stereocenters. The number of rotatable bonds is 3. The predicted molar refractivity (Wildman–Crippen MR) is 99.7 cm³/mol. The van der Waals surface area contributed by atoms with Crippen LogP contribution in [0.3, 0.4) is 0 Å². The van der Waals surface area contributed by atoms with Crippen molar-refractivity contribution in [2.24, 2.45) is 0 Å². The zero-order valence-electron chi connectivity index (χ0n) is 15.1. The van der Waals surface area contributed by atoms with Crippen LogP contribution in [0.25, 0.3) is 0 Å². The molecule has 2 aromatic rings. The minimum Gasteiger partial charge on any atom is -0.365 e. The molecule has 1 amide bonds. The van der Waals surface area contributed by atoms with Gasteiger partial charge in [-0.15, -0.1) is 0 Å². The molecule has 146 valence electrons. The van der Waals surface area contributed by atoms with Crippen LogP contribution in [0.1, 0.15) is 22.5 Å². The van der Waals surface area contributed by atoms with Crippen molar-refractivity contribution >= 4 is 15.9 Å². The number of aromatic nitrogens is 2. The second-order valence-electron chi connectivity index (χ2n) is 7.60. The summed E-state index contributed by atoms with van der Waals surface area (Å²) in [5.41, 5.74) is 0.370. The summed E-state index contributed by atoms with van der Waals surface area (Å²) in [4.78, 5) is 22.7. The van der Waals surface area contributed by atoms with Crippen LogP contribution < -0.4 is 0 Å². The van der Waals surface area contributed by atoms with E-state index in [4.69, 9.17) is 4.74 Å². The van der Waals surface area contributed by atoms with Gasteiger partial charge in [-0.2, -0.15) is 4.31 Å². The third-order valence-electron chi connectivity index (χ3n) is 5.79. The number of amides is 1. The molecule has 3 fully saturated rings. The van der Waals surface area contributed by atoms with Crippen LogP contribution in [0.2, 0.25) is 0 Å². The molecule has 5 rings (SSSR count). The van der Waals surface area contributed by atoms with E-state index < -0.39 is 20.9 Å². The van der Waals surface area contributed by atoms with Gasteiger partial charge in [0.15, 0.2) is 0 Å². The molecule has 0 radical (unpaired) electrons. The summed E-state index contributed by atoms with van der Waals surface area (Å²) in [5, 5.41) is -0.617. The lowest BCUT2D eigenvalue weighted by atomic mass is 9.99. The summed E-state index contributed by atoms with van der Waals surface area (Å²) in [6.07, 6.45) is 5.04. The van der Waals surface area contributed by atoms with Crippen LogP contribution in [-0.4, -0.2) is 70.1 Å². The molecule has 0 saturated carbocycles. The Bertz CT molecular complexity index is 1000. The van der Waals surface area contributed by atoms with Crippen LogP contribution in [-0.2, 0) is 21.3 Å². The van der Waals surface area contributed by atoms with Crippen molar-refractivity contribution in [2.45, 2.75) is 29.9 Å². The molecule has 0 aromatic carbocycles. The summed E-state index contributed by atoms with van der Waals surface area (Å²) in [6, 6.07) is 8.82. The fraction of sp³-hybridized carbons (Fsp3) is 0.421. The summed E-state index contributed by atoms with van der Waals surface area (Å²) in [7, 11) is -3.51. The Morgan fingerprint density at radius 1 is 1.18 bits per heavy atom. The molecule has 3 saturated heterocycles. The normalized spacial score (nSPS) is 30.9. The number of sulfonamides is 1. The highest BCUT2D eigenvalue weighted by molar-refractivity contribution is 7.90. The number of hydrogen-bond donors (Lipinski definition) is 0. The van der Waals surface area contributed by atoms with E-state index in [0.717, 1.165) is 5.56 Å². The van der Waals surface area contributed by atoms with E-state index in [-0.39, 0.29) is 31.6 Å². The maximum absolute atomic E-state index is 13.2. The molecular weight excluding hydrogens is 380 g/mol. The summed E-state index contributed by atoms with van der Waals surface area (Å²) in [5.74, 6) is -0.182. The van der Waals surface area contributed by atoms with E-state index in [0.29, 0.717) is 18.7 Å². The average molecular weight is 400 g/mol. The van der Waals surface area contributed by atoms with E-state index in [1.54, 1.807) is 41.7 Å². The van der Waals surface area contributed by atoms with Gasteiger partial charge in [0.05, 0.1) is 12.6 Å². The van der Waals surface area contributed by atoms with Gasteiger partial charge in [0.25, 0.3) is 5.91 Å². The number of hydrogen-bond acceptors (Lipinski definition) is 6. The third kappa shape index (κ3) is 2.73. The van der Waals surface area contributed by atoms with E-state index in [1.807, 2.05) is 12.1 Å². The van der Waals surface area contributed by atoms with Crippen LogP contribution in [0.15, 0.2) is 48.9 Å². The minimum absolute atomic E-state index is 0.182. The fourth-order valence-corrected chi connectivity index (χ4v) is 6.88. The zero-order valence-corrected chi connectivity index (χ0v) is 16.0. The minimum atomic E-state index is -3.51. The standard InChI is InChI=1S/C19H20N4O4S/c24-18(16-3-1-2-6-21-16)22-11-15-9-17-19(12-22,27-15)13-23(28(17,25)26)10-14-4-7-20-8-5-14/h1-8,15,17H,9-13H2/t15-,17+,19+/m1/s1. The van der Waals surface area contributed by atoms with E-state index >= 15 is 0 Å². The van der Waals surface area contributed by atoms with Gasteiger partial charge >= 0.3 is 0 Å². The predicted octanol–water partition coefficient (Wildman–Crippen LogP) is 0.674. The zero-order chi connectivity index (χ0) is 19.4. The quantitative estimate of drug-likeness (QED) is 0.752. The van der Waals surface area contributed by atoms with Gasteiger partial charge in [0, 0.05) is 38.2 Å². The lowest BCUT2D eigenvalue weighted by Gasteiger charge is -2.39. The Hall–Kier alpha value is -2.36. The van der Waals surface area contributed by atoms with Gasteiger partial charge in [0.1, 0.15) is 16.5 Å². The molecule has 8 nitrogen and oxygen atoms in total. The summed E-state index contributed by atoms with van der Waals surface area (Å²) in [6.45, 7) is 1.19. The lowest BCUT2D eigenvalue weighted by Crippen LogP contribution is -2.56. The van der Waals surface area contributed by atoms with Gasteiger partial charge in [-0.25, -0.2) is 8.42 Å². The van der Waals surface area contributed by atoms with E-state index in [1.165, 1.54) is 4.31 Å². The number of carbonyl (C=O) groups excluding carboxylic acids is 1. The largest absolute Gasteiger partial charge is 0.365 e. The average Bonchev–Trinajstić information content (AvgIpc) is 3.08. The number of ether oxygens (including phenoxy) is 1. The first kappa shape index (κ1) is 17.7. The van der Waals surface area contributed by atoms with Crippen molar-refractivity contribution in [1.82, 2.24) is 19.2 Å². The number of likely N-dealkylation sites (tertiary alicyclic amines) is 1. The third-order valence-corrected chi connectivity index (χ3v) is 8.11. The van der Waals surface area contributed by atoms with Gasteiger partial charge in [-0.1, -0.05) is 6.07 Å². The van der Waals surface area contributed by atoms with Crippen molar-refractivity contribution in [2.75, 3.05) is 19.6 Å². The molecule has 2 bridgehead atoms. The highest BCUT2D eigenvalue weighted by atomic mass is 32.2. The smallest absolute Gasteiger partial charge is 0.272 e. The van der Waals surface area contributed by atoms with Gasteiger partial charge < -0.3 is 9.64 Å². The molecule has 9 heteroatoms. The Kier molecular flexibility index (Phi) is 4.01. The monoisotopic (exact) mass is 400 g/mol. The van der Waals surface area contributed by atoms with Crippen molar-refractivity contribution in [1.29, 1.82) is 0 Å². The Balaban J connectivity index is 1.42. The Morgan fingerprint density at radius 3 is 2.75 bits per heavy atom. The highest BCUT2D eigenvalue weighted by Gasteiger charge is 2.65. The number of morpholine rings is 1. The molecule has 2 aromatic heterocycles. The van der Waals surface area contributed by atoms with Gasteiger partial charge in [-0.05, 0) is 36.2 Å². The number of pyridine rings is 2.